The van der Waals surface area contributed by atoms with E-state index in [4.69, 9.17) is 15.7 Å². The molecule has 1 aromatic carbocycles. The van der Waals surface area contributed by atoms with Gasteiger partial charge in [-0.15, -0.1) is 0 Å². The first-order valence-corrected chi connectivity index (χ1v) is 5.26. The number of nitrogen functional groups attached to an aromatic ring is 1. The smallest absolute Gasteiger partial charge is 0.257 e. The SMILES string of the molecule is Cc1ccc(OCC(=O)NCCC#N)c(N)c1. The number of aryl methyl sites for hydroxylation is 1. The third kappa shape index (κ3) is 4.43. The van der Waals surface area contributed by atoms with Crippen molar-refractivity contribution in [2.24, 2.45) is 0 Å². The lowest BCUT2D eigenvalue weighted by Crippen LogP contribution is -2.29. The van der Waals surface area contributed by atoms with Crippen molar-refractivity contribution < 1.29 is 9.53 Å². The molecule has 1 rings (SSSR count). The van der Waals surface area contributed by atoms with Crippen LogP contribution in [0.15, 0.2) is 18.2 Å². The zero-order valence-corrected chi connectivity index (χ0v) is 9.69. The molecule has 1 aromatic rings. The van der Waals surface area contributed by atoms with Crippen LogP contribution in [0.3, 0.4) is 0 Å². The zero-order valence-electron chi connectivity index (χ0n) is 9.69. The van der Waals surface area contributed by atoms with Crippen molar-refractivity contribution in [2.45, 2.75) is 13.3 Å². The molecular formula is C12H15N3O2. The quantitative estimate of drug-likeness (QED) is 0.586. The van der Waals surface area contributed by atoms with Gasteiger partial charge in [-0.1, -0.05) is 6.07 Å². The van der Waals surface area contributed by atoms with Crippen LogP contribution in [0.25, 0.3) is 0 Å². The number of nitriles is 1. The van der Waals surface area contributed by atoms with E-state index >= 15 is 0 Å². The summed E-state index contributed by atoms with van der Waals surface area (Å²) in [4.78, 5) is 11.3. The second-order valence-corrected chi connectivity index (χ2v) is 3.59. The Hall–Kier alpha value is -2.22. The van der Waals surface area contributed by atoms with Crippen LogP contribution in [0.2, 0.25) is 0 Å². The number of hydrogen-bond acceptors (Lipinski definition) is 4. The lowest BCUT2D eigenvalue weighted by atomic mass is 10.2. The largest absolute Gasteiger partial charge is 0.482 e. The highest BCUT2D eigenvalue weighted by Crippen LogP contribution is 2.21. The highest BCUT2D eigenvalue weighted by molar-refractivity contribution is 5.77. The van der Waals surface area contributed by atoms with Crippen molar-refractivity contribution in [3.63, 3.8) is 0 Å². The second-order valence-electron chi connectivity index (χ2n) is 3.59. The summed E-state index contributed by atoms with van der Waals surface area (Å²) in [6.45, 7) is 2.16. The Morgan fingerprint density at radius 1 is 1.59 bits per heavy atom. The predicted octanol–water partition coefficient (Wildman–Crippen LogP) is 0.986. The summed E-state index contributed by atoms with van der Waals surface area (Å²) in [5.41, 5.74) is 7.27. The maximum Gasteiger partial charge on any atom is 0.257 e. The fourth-order valence-electron chi connectivity index (χ4n) is 1.25. The van der Waals surface area contributed by atoms with Crippen molar-refractivity contribution in [3.8, 4) is 11.8 Å². The number of hydrogen-bond donors (Lipinski definition) is 2. The van der Waals surface area contributed by atoms with Crippen molar-refractivity contribution in [1.82, 2.24) is 5.32 Å². The molecule has 0 saturated carbocycles. The number of carbonyl (C=O) groups is 1. The molecule has 0 aliphatic heterocycles. The normalized spacial score (nSPS) is 9.41. The first-order valence-electron chi connectivity index (χ1n) is 5.26. The molecule has 0 saturated heterocycles. The van der Waals surface area contributed by atoms with Gasteiger partial charge in [0.25, 0.3) is 5.91 Å². The number of rotatable bonds is 5. The van der Waals surface area contributed by atoms with E-state index in [0.29, 0.717) is 24.4 Å². The van der Waals surface area contributed by atoms with Crippen molar-refractivity contribution >= 4 is 11.6 Å². The summed E-state index contributed by atoms with van der Waals surface area (Å²) in [7, 11) is 0. The summed E-state index contributed by atoms with van der Waals surface area (Å²) >= 11 is 0. The fourth-order valence-corrected chi connectivity index (χ4v) is 1.25. The van der Waals surface area contributed by atoms with Crippen LogP contribution in [0.5, 0.6) is 5.75 Å². The Balaban J connectivity index is 2.40. The molecule has 0 radical (unpaired) electrons. The molecule has 17 heavy (non-hydrogen) atoms. The van der Waals surface area contributed by atoms with Crippen molar-refractivity contribution in [2.75, 3.05) is 18.9 Å². The van der Waals surface area contributed by atoms with Gasteiger partial charge in [0.05, 0.1) is 18.2 Å². The summed E-state index contributed by atoms with van der Waals surface area (Å²) in [5.74, 6) is 0.228. The van der Waals surface area contributed by atoms with Gasteiger partial charge in [-0.05, 0) is 24.6 Å². The van der Waals surface area contributed by atoms with Crippen LogP contribution < -0.4 is 15.8 Å². The minimum absolute atomic E-state index is 0.0985. The number of nitrogens with one attached hydrogen (secondary N) is 1. The Morgan fingerprint density at radius 3 is 3.00 bits per heavy atom. The van der Waals surface area contributed by atoms with Crippen molar-refractivity contribution in [1.29, 1.82) is 5.26 Å². The van der Waals surface area contributed by atoms with Crippen LogP contribution in [-0.4, -0.2) is 19.1 Å². The highest BCUT2D eigenvalue weighted by Gasteiger charge is 2.04. The number of nitrogens with zero attached hydrogens (tertiary/aromatic N) is 1. The van der Waals surface area contributed by atoms with E-state index in [1.54, 1.807) is 12.1 Å². The first-order chi connectivity index (χ1) is 8.13. The van der Waals surface area contributed by atoms with E-state index in [0.717, 1.165) is 5.56 Å². The topological polar surface area (TPSA) is 88.1 Å². The average molecular weight is 233 g/mol. The van der Waals surface area contributed by atoms with Gasteiger partial charge in [0.2, 0.25) is 0 Å². The van der Waals surface area contributed by atoms with E-state index in [-0.39, 0.29) is 12.5 Å². The van der Waals surface area contributed by atoms with Gasteiger partial charge >= 0.3 is 0 Å². The van der Waals surface area contributed by atoms with E-state index in [1.807, 2.05) is 19.1 Å². The summed E-state index contributed by atoms with van der Waals surface area (Å²) < 4.78 is 5.26. The first kappa shape index (κ1) is 12.8. The molecule has 0 bridgehead atoms. The molecule has 3 N–H and O–H groups in total. The van der Waals surface area contributed by atoms with Gasteiger partial charge in [0.15, 0.2) is 6.61 Å². The van der Waals surface area contributed by atoms with Gasteiger partial charge in [-0.3, -0.25) is 4.79 Å². The van der Waals surface area contributed by atoms with Crippen LogP contribution >= 0.6 is 0 Å². The Labute approximate surface area is 100 Å². The number of ether oxygens (including phenoxy) is 1. The van der Waals surface area contributed by atoms with E-state index in [9.17, 15) is 4.79 Å². The van der Waals surface area contributed by atoms with Crippen LogP contribution in [0, 0.1) is 18.3 Å². The standard InChI is InChI=1S/C12H15N3O2/c1-9-3-4-11(10(14)7-9)17-8-12(16)15-6-2-5-13/h3-4,7H,2,6,8,14H2,1H3,(H,15,16). The van der Waals surface area contributed by atoms with E-state index < -0.39 is 0 Å². The second kappa shape index (κ2) is 6.38. The molecule has 5 nitrogen and oxygen atoms in total. The van der Waals surface area contributed by atoms with Crippen LogP contribution in [-0.2, 0) is 4.79 Å². The minimum Gasteiger partial charge on any atom is -0.482 e. The van der Waals surface area contributed by atoms with Gasteiger partial charge in [-0.2, -0.15) is 5.26 Å². The zero-order chi connectivity index (χ0) is 12.7. The molecular weight excluding hydrogens is 218 g/mol. The number of anilines is 1. The Bertz CT molecular complexity index is 438. The summed E-state index contributed by atoms with van der Waals surface area (Å²) in [5, 5.41) is 10.9. The molecule has 1 amide bonds. The molecule has 0 fully saturated rings. The molecule has 0 aliphatic rings. The summed E-state index contributed by atoms with van der Waals surface area (Å²) in [6.07, 6.45) is 0.290. The van der Waals surface area contributed by atoms with E-state index in [2.05, 4.69) is 5.32 Å². The van der Waals surface area contributed by atoms with E-state index in [1.165, 1.54) is 0 Å². The average Bonchev–Trinajstić information content (AvgIpc) is 2.28. The number of carbonyl (C=O) groups excluding carboxylic acids is 1. The maximum atomic E-state index is 11.3. The Morgan fingerprint density at radius 2 is 2.35 bits per heavy atom. The molecule has 90 valence electrons. The van der Waals surface area contributed by atoms with Gasteiger partial charge in [0.1, 0.15) is 5.75 Å². The van der Waals surface area contributed by atoms with Crippen LogP contribution in [0.4, 0.5) is 5.69 Å². The molecule has 0 atom stereocenters. The molecule has 5 heteroatoms. The third-order valence-electron chi connectivity index (χ3n) is 2.08. The highest BCUT2D eigenvalue weighted by atomic mass is 16.5. The molecule has 0 heterocycles. The molecule has 0 spiro atoms. The number of amides is 1. The lowest BCUT2D eigenvalue weighted by molar-refractivity contribution is -0.123. The lowest BCUT2D eigenvalue weighted by Gasteiger charge is -2.09. The van der Waals surface area contributed by atoms with Crippen LogP contribution in [0.1, 0.15) is 12.0 Å². The molecule has 0 aromatic heterocycles. The molecule has 0 unspecified atom stereocenters. The van der Waals surface area contributed by atoms with Gasteiger partial charge in [0, 0.05) is 6.54 Å². The summed E-state index contributed by atoms with van der Waals surface area (Å²) in [6, 6.07) is 7.31. The Kier molecular flexibility index (Phi) is 4.82. The minimum atomic E-state index is -0.264. The monoisotopic (exact) mass is 233 g/mol. The third-order valence-corrected chi connectivity index (χ3v) is 2.08. The van der Waals surface area contributed by atoms with Crippen molar-refractivity contribution in [3.05, 3.63) is 23.8 Å². The van der Waals surface area contributed by atoms with Gasteiger partial charge in [-0.25, -0.2) is 0 Å². The fraction of sp³-hybridized carbons (Fsp3) is 0.333. The van der Waals surface area contributed by atoms with Gasteiger partial charge < -0.3 is 15.8 Å². The maximum absolute atomic E-state index is 11.3. The number of benzene rings is 1. The molecule has 0 aliphatic carbocycles. The number of nitrogens with two attached hydrogens (primary N) is 1. The predicted molar refractivity (Wildman–Crippen MR) is 64.3 cm³/mol.